The van der Waals surface area contributed by atoms with Crippen LogP contribution in [0.1, 0.15) is 0 Å². The summed E-state index contributed by atoms with van der Waals surface area (Å²) in [5.74, 6) is 1.86. The SMILES string of the molecule is c1ccc(-c2nc(-c3ccc(-c4nc5c6ccccc6oc5c5ccccc45)cc3)nc(-c3cccc(-c4cccc5c4sc4ccccc45)c3)n2)cc1. The van der Waals surface area contributed by atoms with E-state index in [4.69, 9.17) is 24.4 Å². The molecule has 0 fully saturated rings. The average molecular weight is 709 g/mol. The monoisotopic (exact) mass is 708 g/mol. The fraction of sp³-hybridized carbons (Fsp3) is 0. The molecule has 252 valence electrons. The molecule has 7 aromatic carbocycles. The smallest absolute Gasteiger partial charge is 0.164 e. The standard InChI is InChI=1S/C48H28N4OS/c1-2-12-30(13-3-1)46-50-47(52-48(51-46)33-15-10-14-32(28-33)34-20-11-21-38-35-16-7-9-23-41(35)54-45(34)38)31-26-24-29(25-27-31)42-36-17-4-5-18-37(36)44-43(49-42)39-19-6-8-22-40(39)53-44/h1-28H. The van der Waals surface area contributed by atoms with Crippen LogP contribution in [-0.4, -0.2) is 19.9 Å². The largest absolute Gasteiger partial charge is 0.454 e. The molecule has 0 aliphatic carbocycles. The lowest BCUT2D eigenvalue weighted by Gasteiger charge is -2.11. The summed E-state index contributed by atoms with van der Waals surface area (Å²) < 4.78 is 8.87. The van der Waals surface area contributed by atoms with Crippen LogP contribution in [0.15, 0.2) is 174 Å². The Hall–Kier alpha value is -7.02. The molecule has 0 bridgehead atoms. The Balaban J connectivity index is 1.03. The first-order valence-corrected chi connectivity index (χ1v) is 18.7. The molecular weight excluding hydrogens is 681 g/mol. The van der Waals surface area contributed by atoms with Gasteiger partial charge in [0.2, 0.25) is 0 Å². The van der Waals surface area contributed by atoms with Crippen molar-refractivity contribution in [2.45, 2.75) is 0 Å². The van der Waals surface area contributed by atoms with Gasteiger partial charge in [-0.15, -0.1) is 11.3 Å². The van der Waals surface area contributed by atoms with Crippen LogP contribution in [0.4, 0.5) is 0 Å². The van der Waals surface area contributed by atoms with E-state index in [2.05, 4.69) is 109 Å². The minimum atomic E-state index is 0.608. The van der Waals surface area contributed by atoms with Crippen LogP contribution < -0.4 is 0 Å². The molecule has 0 aliphatic heterocycles. The predicted octanol–water partition coefficient (Wildman–Crippen LogP) is 13.0. The number of furan rings is 1. The van der Waals surface area contributed by atoms with Crippen molar-refractivity contribution >= 4 is 64.4 Å². The molecule has 0 atom stereocenters. The third-order valence-electron chi connectivity index (χ3n) is 10.1. The summed E-state index contributed by atoms with van der Waals surface area (Å²) >= 11 is 1.84. The molecule has 54 heavy (non-hydrogen) atoms. The molecule has 0 saturated heterocycles. The fourth-order valence-corrected chi connectivity index (χ4v) is 8.77. The molecule has 0 unspecified atom stereocenters. The Morgan fingerprint density at radius 3 is 1.78 bits per heavy atom. The van der Waals surface area contributed by atoms with Crippen LogP contribution in [-0.2, 0) is 0 Å². The van der Waals surface area contributed by atoms with Gasteiger partial charge in [0.15, 0.2) is 23.1 Å². The number of hydrogen-bond donors (Lipinski definition) is 0. The molecule has 0 N–H and O–H groups in total. The van der Waals surface area contributed by atoms with Crippen molar-refractivity contribution in [3.8, 4) is 56.5 Å². The molecule has 6 heteroatoms. The van der Waals surface area contributed by atoms with Crippen LogP contribution in [0.2, 0.25) is 0 Å². The summed E-state index contributed by atoms with van der Waals surface area (Å²) in [7, 11) is 0. The average Bonchev–Trinajstić information content (AvgIpc) is 3.82. The molecule has 4 aromatic heterocycles. The molecule has 0 aliphatic rings. The van der Waals surface area contributed by atoms with Gasteiger partial charge < -0.3 is 4.42 Å². The van der Waals surface area contributed by atoms with Gasteiger partial charge in [-0.1, -0.05) is 146 Å². The number of aromatic nitrogens is 4. The Morgan fingerprint density at radius 2 is 0.963 bits per heavy atom. The maximum atomic E-state index is 6.31. The zero-order valence-electron chi connectivity index (χ0n) is 28.8. The number of fused-ring (bicyclic) bond motifs is 8. The van der Waals surface area contributed by atoms with Crippen molar-refractivity contribution in [2.24, 2.45) is 0 Å². The molecule has 0 amide bonds. The number of nitrogens with zero attached hydrogens (tertiary/aromatic N) is 4. The van der Waals surface area contributed by atoms with Crippen LogP contribution in [0.3, 0.4) is 0 Å². The molecule has 0 saturated carbocycles. The van der Waals surface area contributed by atoms with Gasteiger partial charge in [-0.2, -0.15) is 0 Å². The second-order valence-corrected chi connectivity index (χ2v) is 14.4. The third kappa shape index (κ3) is 4.99. The summed E-state index contributed by atoms with van der Waals surface area (Å²) in [6.45, 7) is 0. The summed E-state index contributed by atoms with van der Waals surface area (Å²) in [6.07, 6.45) is 0. The van der Waals surface area contributed by atoms with E-state index in [1.165, 1.54) is 25.7 Å². The highest BCUT2D eigenvalue weighted by atomic mass is 32.1. The van der Waals surface area contributed by atoms with E-state index in [9.17, 15) is 0 Å². The molecule has 0 spiro atoms. The number of rotatable bonds is 5. The van der Waals surface area contributed by atoms with Crippen molar-refractivity contribution in [2.75, 3.05) is 0 Å². The zero-order valence-corrected chi connectivity index (χ0v) is 29.6. The van der Waals surface area contributed by atoms with E-state index in [1.54, 1.807) is 0 Å². The first kappa shape index (κ1) is 30.6. The van der Waals surface area contributed by atoms with E-state index in [-0.39, 0.29) is 0 Å². The van der Waals surface area contributed by atoms with E-state index in [0.717, 1.165) is 66.4 Å². The van der Waals surface area contributed by atoms with Crippen molar-refractivity contribution in [1.82, 2.24) is 19.9 Å². The second kappa shape index (κ2) is 12.3. The number of hydrogen-bond acceptors (Lipinski definition) is 6. The van der Waals surface area contributed by atoms with Gasteiger partial charge in [0.25, 0.3) is 0 Å². The summed E-state index contributed by atoms with van der Waals surface area (Å²) in [6, 6.07) is 58.6. The van der Waals surface area contributed by atoms with Gasteiger partial charge in [0.1, 0.15) is 11.1 Å². The van der Waals surface area contributed by atoms with Crippen molar-refractivity contribution in [3.63, 3.8) is 0 Å². The van der Waals surface area contributed by atoms with Gasteiger partial charge >= 0.3 is 0 Å². The maximum absolute atomic E-state index is 6.31. The third-order valence-corrected chi connectivity index (χ3v) is 11.4. The Bertz CT molecular complexity index is 3220. The highest BCUT2D eigenvalue weighted by molar-refractivity contribution is 7.26. The first-order valence-electron chi connectivity index (χ1n) is 17.9. The Morgan fingerprint density at radius 1 is 0.389 bits per heavy atom. The van der Waals surface area contributed by atoms with Crippen molar-refractivity contribution < 1.29 is 4.42 Å². The molecule has 11 rings (SSSR count). The van der Waals surface area contributed by atoms with Crippen molar-refractivity contribution in [3.05, 3.63) is 170 Å². The lowest BCUT2D eigenvalue weighted by atomic mass is 10.0. The summed E-state index contributed by atoms with van der Waals surface area (Å²) in [4.78, 5) is 20.4. The van der Waals surface area contributed by atoms with E-state index < -0.39 is 0 Å². The Labute approximate surface area is 313 Å². The van der Waals surface area contributed by atoms with Crippen LogP contribution in [0.5, 0.6) is 0 Å². The molecular formula is C48H28N4OS. The minimum Gasteiger partial charge on any atom is -0.454 e. The lowest BCUT2D eigenvalue weighted by molar-refractivity contribution is 0.672. The van der Waals surface area contributed by atoms with Gasteiger partial charge in [0, 0.05) is 58.6 Å². The van der Waals surface area contributed by atoms with Crippen LogP contribution in [0, 0.1) is 0 Å². The highest BCUT2D eigenvalue weighted by Gasteiger charge is 2.18. The molecule has 4 heterocycles. The van der Waals surface area contributed by atoms with Gasteiger partial charge in [-0.3, -0.25) is 0 Å². The number of thiophene rings is 1. The minimum absolute atomic E-state index is 0.608. The normalized spacial score (nSPS) is 11.7. The molecule has 0 radical (unpaired) electrons. The fourth-order valence-electron chi connectivity index (χ4n) is 7.53. The molecule has 5 nitrogen and oxygen atoms in total. The van der Waals surface area contributed by atoms with Gasteiger partial charge in [0.05, 0.1) is 5.69 Å². The van der Waals surface area contributed by atoms with Crippen LogP contribution >= 0.6 is 11.3 Å². The summed E-state index contributed by atoms with van der Waals surface area (Å²) in [5, 5.41) is 5.65. The topological polar surface area (TPSA) is 64.7 Å². The van der Waals surface area contributed by atoms with E-state index in [0.29, 0.717) is 17.5 Å². The lowest BCUT2D eigenvalue weighted by Crippen LogP contribution is -2.00. The van der Waals surface area contributed by atoms with Crippen LogP contribution in [0.25, 0.3) is 110 Å². The maximum Gasteiger partial charge on any atom is 0.164 e. The number of pyridine rings is 1. The quantitative estimate of drug-likeness (QED) is 0.178. The second-order valence-electron chi connectivity index (χ2n) is 13.4. The van der Waals surface area contributed by atoms with Crippen molar-refractivity contribution in [1.29, 1.82) is 0 Å². The number of para-hydroxylation sites is 1. The first-order chi connectivity index (χ1) is 26.7. The summed E-state index contributed by atoms with van der Waals surface area (Å²) in [5.41, 5.74) is 9.49. The predicted molar refractivity (Wildman–Crippen MR) is 222 cm³/mol. The van der Waals surface area contributed by atoms with Gasteiger partial charge in [-0.05, 0) is 35.4 Å². The van der Waals surface area contributed by atoms with E-state index in [1.807, 2.05) is 72.0 Å². The molecule has 11 aromatic rings. The zero-order chi connectivity index (χ0) is 35.6. The van der Waals surface area contributed by atoms with E-state index >= 15 is 0 Å². The van der Waals surface area contributed by atoms with Gasteiger partial charge in [-0.25, -0.2) is 19.9 Å². The number of benzene rings is 7. The Kier molecular flexibility index (Phi) is 6.97. The highest BCUT2D eigenvalue weighted by Crippen LogP contribution is 2.41.